The molecule has 1 aromatic heterocycles. The van der Waals surface area contributed by atoms with Gasteiger partial charge in [-0.2, -0.15) is 4.98 Å². The van der Waals surface area contributed by atoms with Gasteiger partial charge >= 0.3 is 0 Å². The van der Waals surface area contributed by atoms with Crippen LogP contribution >= 0.6 is 15.9 Å². The summed E-state index contributed by atoms with van der Waals surface area (Å²) >= 11 is 3.28. The lowest BCUT2D eigenvalue weighted by Crippen LogP contribution is -2.16. The number of anilines is 3. The molecule has 0 bridgehead atoms. The molecule has 5 nitrogen and oxygen atoms in total. The summed E-state index contributed by atoms with van der Waals surface area (Å²) in [6.07, 6.45) is 4.34. The Bertz CT molecular complexity index is 949. The third-order valence-corrected chi connectivity index (χ3v) is 4.94. The van der Waals surface area contributed by atoms with E-state index in [4.69, 9.17) is 0 Å². The molecule has 1 aliphatic rings. The van der Waals surface area contributed by atoms with Crippen molar-refractivity contribution < 1.29 is 8.78 Å². The Kier molecular flexibility index (Phi) is 6.21. The zero-order valence-corrected chi connectivity index (χ0v) is 18.2. The van der Waals surface area contributed by atoms with Gasteiger partial charge in [0, 0.05) is 41.5 Å². The van der Waals surface area contributed by atoms with E-state index in [-0.39, 0.29) is 5.56 Å². The number of hydrogen-bond acceptors (Lipinski definition) is 5. The van der Waals surface area contributed by atoms with Crippen LogP contribution in [0.2, 0.25) is 0 Å². The Balaban J connectivity index is 1.82. The molecule has 0 atom stereocenters. The van der Waals surface area contributed by atoms with Gasteiger partial charge in [0.25, 0.3) is 5.92 Å². The van der Waals surface area contributed by atoms with Gasteiger partial charge in [-0.3, -0.25) is 0 Å². The predicted octanol–water partition coefficient (Wildman–Crippen LogP) is 5.84. The molecule has 0 unspecified atom stereocenters. The third-order valence-electron chi connectivity index (χ3n) is 4.48. The smallest absolute Gasteiger partial charge is 0.270 e. The van der Waals surface area contributed by atoms with E-state index in [1.807, 2.05) is 26.1 Å². The molecule has 1 saturated carbocycles. The standard InChI is InChI=1S/C21H24BrF2N5/c1-12(14-5-6-14)7-18(25-4)28-19-8-13(2)26-20(29-19)27-17-10-15(21(3,23)24)9-16(22)11-17/h7-11,14,25H,1,5-6H2,2-4H3,(H2,26,27,28,29)/b18-7+. The minimum atomic E-state index is -2.95. The summed E-state index contributed by atoms with van der Waals surface area (Å²) in [5, 5.41) is 9.34. The maximum Gasteiger partial charge on any atom is 0.270 e. The van der Waals surface area contributed by atoms with Crippen molar-refractivity contribution in [2.24, 2.45) is 5.92 Å². The van der Waals surface area contributed by atoms with Crippen molar-refractivity contribution in [3.63, 3.8) is 0 Å². The molecule has 0 radical (unpaired) electrons. The molecule has 0 aliphatic heterocycles. The van der Waals surface area contributed by atoms with Crippen molar-refractivity contribution in [3.05, 3.63) is 64.0 Å². The number of rotatable bonds is 8. The van der Waals surface area contributed by atoms with Crippen molar-refractivity contribution >= 4 is 33.4 Å². The van der Waals surface area contributed by atoms with Crippen LogP contribution in [-0.2, 0) is 5.92 Å². The van der Waals surface area contributed by atoms with E-state index >= 15 is 0 Å². The SMILES string of the molecule is C=C(/C=C(\NC)Nc1cc(C)nc(Nc2cc(Br)cc(C(C)(F)F)c2)n1)C1CC1. The average Bonchev–Trinajstić information content (AvgIpc) is 3.44. The molecule has 8 heteroatoms. The molecule has 1 heterocycles. The van der Waals surface area contributed by atoms with Gasteiger partial charge in [-0.25, -0.2) is 13.8 Å². The molecule has 0 amide bonds. The number of nitrogens with zero attached hydrogens (tertiary/aromatic N) is 2. The highest BCUT2D eigenvalue weighted by Crippen LogP contribution is 2.36. The second-order valence-corrected chi connectivity index (χ2v) is 8.16. The van der Waals surface area contributed by atoms with Crippen LogP contribution in [0.25, 0.3) is 0 Å². The molecule has 1 aromatic carbocycles. The fourth-order valence-corrected chi connectivity index (χ4v) is 3.29. The van der Waals surface area contributed by atoms with Gasteiger partial charge in [-0.15, -0.1) is 0 Å². The van der Waals surface area contributed by atoms with Crippen LogP contribution in [0, 0.1) is 12.8 Å². The Hall–Kier alpha value is -2.48. The second-order valence-electron chi connectivity index (χ2n) is 7.24. The van der Waals surface area contributed by atoms with E-state index in [0.29, 0.717) is 27.8 Å². The van der Waals surface area contributed by atoms with E-state index in [2.05, 4.69) is 48.4 Å². The van der Waals surface area contributed by atoms with Gasteiger partial charge in [0.1, 0.15) is 11.6 Å². The molecule has 0 saturated heterocycles. The molecule has 2 aromatic rings. The lowest BCUT2D eigenvalue weighted by molar-refractivity contribution is 0.0174. The van der Waals surface area contributed by atoms with Gasteiger partial charge in [-0.05, 0) is 55.5 Å². The average molecular weight is 464 g/mol. The Morgan fingerprint density at radius 2 is 1.97 bits per heavy atom. The first kappa shape index (κ1) is 21.2. The monoisotopic (exact) mass is 463 g/mol. The number of aromatic nitrogens is 2. The minimum absolute atomic E-state index is 0.0978. The van der Waals surface area contributed by atoms with Crippen molar-refractivity contribution in [1.29, 1.82) is 0 Å². The lowest BCUT2D eigenvalue weighted by atomic mass is 10.1. The number of aryl methyl sites for hydroxylation is 1. The molecule has 3 rings (SSSR count). The van der Waals surface area contributed by atoms with Crippen LogP contribution in [0.3, 0.4) is 0 Å². The van der Waals surface area contributed by atoms with Crippen LogP contribution in [0.15, 0.2) is 52.8 Å². The van der Waals surface area contributed by atoms with Crippen LogP contribution in [0.4, 0.5) is 26.2 Å². The first-order valence-corrected chi connectivity index (χ1v) is 10.1. The van der Waals surface area contributed by atoms with Gasteiger partial charge in [-0.1, -0.05) is 22.5 Å². The topological polar surface area (TPSA) is 61.9 Å². The number of alkyl halides is 2. The van der Waals surface area contributed by atoms with E-state index in [0.717, 1.165) is 24.0 Å². The van der Waals surface area contributed by atoms with Crippen molar-refractivity contribution in [1.82, 2.24) is 15.3 Å². The number of nitrogens with one attached hydrogen (secondary N) is 3. The predicted molar refractivity (Wildman–Crippen MR) is 116 cm³/mol. The minimum Gasteiger partial charge on any atom is -0.375 e. The first-order chi connectivity index (χ1) is 13.6. The summed E-state index contributed by atoms with van der Waals surface area (Å²) in [6, 6.07) is 6.30. The van der Waals surface area contributed by atoms with Crippen molar-refractivity contribution in [3.8, 4) is 0 Å². The summed E-state index contributed by atoms with van der Waals surface area (Å²) < 4.78 is 28.0. The number of allylic oxidation sites excluding steroid dienone is 2. The number of halogens is 3. The molecular weight excluding hydrogens is 440 g/mol. The van der Waals surface area contributed by atoms with Crippen LogP contribution in [0.1, 0.15) is 31.0 Å². The first-order valence-electron chi connectivity index (χ1n) is 9.31. The van der Waals surface area contributed by atoms with Crippen molar-refractivity contribution in [2.75, 3.05) is 17.7 Å². The van der Waals surface area contributed by atoms with E-state index < -0.39 is 5.92 Å². The Morgan fingerprint density at radius 1 is 1.24 bits per heavy atom. The molecule has 1 aliphatic carbocycles. The Labute approximate surface area is 177 Å². The number of hydrogen-bond donors (Lipinski definition) is 3. The van der Waals surface area contributed by atoms with Crippen LogP contribution in [-0.4, -0.2) is 17.0 Å². The fourth-order valence-electron chi connectivity index (χ4n) is 2.80. The van der Waals surface area contributed by atoms with Gasteiger partial charge in [0.05, 0.1) is 0 Å². The quantitative estimate of drug-likeness (QED) is 0.429. The van der Waals surface area contributed by atoms with Gasteiger partial charge in [0.15, 0.2) is 0 Å². The zero-order valence-electron chi connectivity index (χ0n) is 16.6. The molecule has 0 spiro atoms. The molecule has 29 heavy (non-hydrogen) atoms. The van der Waals surface area contributed by atoms with E-state index in [1.165, 1.54) is 25.0 Å². The molecular formula is C21H24BrF2N5. The maximum atomic E-state index is 13.7. The lowest BCUT2D eigenvalue weighted by Gasteiger charge is -2.15. The van der Waals surface area contributed by atoms with Crippen molar-refractivity contribution in [2.45, 2.75) is 32.6 Å². The summed E-state index contributed by atoms with van der Waals surface area (Å²) in [4.78, 5) is 8.82. The van der Waals surface area contributed by atoms with Crippen LogP contribution < -0.4 is 16.0 Å². The van der Waals surface area contributed by atoms with Gasteiger partial charge in [0.2, 0.25) is 5.95 Å². The largest absolute Gasteiger partial charge is 0.375 e. The highest BCUT2D eigenvalue weighted by atomic mass is 79.9. The highest BCUT2D eigenvalue weighted by molar-refractivity contribution is 9.10. The summed E-state index contributed by atoms with van der Waals surface area (Å²) in [5.41, 5.74) is 2.18. The summed E-state index contributed by atoms with van der Waals surface area (Å²) in [6.45, 7) is 6.82. The van der Waals surface area contributed by atoms with Gasteiger partial charge < -0.3 is 16.0 Å². The Morgan fingerprint density at radius 3 is 2.59 bits per heavy atom. The third kappa shape index (κ3) is 6.00. The van der Waals surface area contributed by atoms with E-state index in [9.17, 15) is 8.78 Å². The zero-order chi connectivity index (χ0) is 21.2. The normalized spacial score (nSPS) is 14.5. The number of benzene rings is 1. The fraction of sp³-hybridized carbons (Fsp3) is 0.333. The highest BCUT2D eigenvalue weighted by Gasteiger charge is 2.25. The summed E-state index contributed by atoms with van der Waals surface area (Å²) in [7, 11) is 1.82. The summed E-state index contributed by atoms with van der Waals surface area (Å²) in [5.74, 6) is -0.711. The second kappa shape index (κ2) is 8.49. The molecule has 3 N–H and O–H groups in total. The van der Waals surface area contributed by atoms with E-state index in [1.54, 1.807) is 6.07 Å². The van der Waals surface area contributed by atoms with Crippen LogP contribution in [0.5, 0.6) is 0 Å². The molecule has 1 fully saturated rings. The maximum absolute atomic E-state index is 13.7. The molecule has 154 valence electrons.